The van der Waals surface area contributed by atoms with Crippen molar-refractivity contribution in [3.63, 3.8) is 0 Å². The van der Waals surface area contributed by atoms with Gasteiger partial charge < -0.3 is 14.8 Å². The van der Waals surface area contributed by atoms with Crippen LogP contribution >= 0.6 is 11.6 Å². The summed E-state index contributed by atoms with van der Waals surface area (Å²) in [6.07, 6.45) is 1.54. The van der Waals surface area contributed by atoms with Gasteiger partial charge in [-0.3, -0.25) is 9.10 Å². The summed E-state index contributed by atoms with van der Waals surface area (Å²) in [5.41, 5.74) is 2.15. The molecule has 0 saturated heterocycles. The predicted molar refractivity (Wildman–Crippen MR) is 128 cm³/mol. The van der Waals surface area contributed by atoms with Crippen LogP contribution in [0, 0.1) is 0 Å². The van der Waals surface area contributed by atoms with Gasteiger partial charge in [0.15, 0.2) is 11.5 Å². The Morgan fingerprint density at radius 1 is 1.00 bits per heavy atom. The first-order chi connectivity index (χ1) is 15.8. The normalized spacial score (nSPS) is 13.2. The Balaban J connectivity index is 1.65. The summed E-state index contributed by atoms with van der Waals surface area (Å²) in [6, 6.07) is 16.5. The SMILES string of the molecule is COc1ccc(NC(=O)c2cc(S(=O)(=O)N3CCCc4ccccc43)ccc2Cl)cc1OC. The highest BCUT2D eigenvalue weighted by atomic mass is 35.5. The number of hydrogen-bond donors (Lipinski definition) is 1. The Labute approximate surface area is 197 Å². The fraction of sp³-hybridized carbons (Fsp3) is 0.208. The van der Waals surface area contributed by atoms with E-state index in [1.165, 1.54) is 36.7 Å². The topological polar surface area (TPSA) is 84.9 Å². The van der Waals surface area contributed by atoms with Gasteiger partial charge in [0, 0.05) is 18.3 Å². The molecular weight excluding hydrogens is 464 g/mol. The minimum absolute atomic E-state index is 0.000986. The molecule has 33 heavy (non-hydrogen) atoms. The van der Waals surface area contributed by atoms with E-state index in [-0.39, 0.29) is 15.5 Å². The maximum Gasteiger partial charge on any atom is 0.264 e. The molecule has 3 aromatic carbocycles. The van der Waals surface area contributed by atoms with E-state index in [2.05, 4.69) is 5.32 Å². The second kappa shape index (κ2) is 9.33. The van der Waals surface area contributed by atoms with Gasteiger partial charge in [-0.2, -0.15) is 0 Å². The van der Waals surface area contributed by atoms with Crippen LogP contribution in [0.4, 0.5) is 11.4 Å². The largest absolute Gasteiger partial charge is 0.493 e. The molecule has 0 radical (unpaired) electrons. The average Bonchev–Trinajstić information content (AvgIpc) is 2.83. The first-order valence-electron chi connectivity index (χ1n) is 10.3. The van der Waals surface area contributed by atoms with Crippen molar-refractivity contribution >= 4 is 38.9 Å². The van der Waals surface area contributed by atoms with Gasteiger partial charge in [-0.05, 0) is 54.8 Å². The molecule has 0 aromatic heterocycles. The molecule has 0 unspecified atom stereocenters. The van der Waals surface area contributed by atoms with Crippen molar-refractivity contribution in [3.8, 4) is 11.5 Å². The lowest BCUT2D eigenvalue weighted by molar-refractivity contribution is 0.102. The fourth-order valence-corrected chi connectivity index (χ4v) is 5.60. The summed E-state index contributed by atoms with van der Waals surface area (Å²) in [7, 11) is -0.873. The molecule has 3 aromatic rings. The maximum atomic E-state index is 13.5. The molecule has 9 heteroatoms. The van der Waals surface area contributed by atoms with E-state index in [0.717, 1.165) is 18.4 Å². The zero-order chi connectivity index (χ0) is 23.6. The van der Waals surface area contributed by atoms with Crippen LogP contribution in [-0.2, 0) is 16.4 Å². The van der Waals surface area contributed by atoms with E-state index >= 15 is 0 Å². The van der Waals surface area contributed by atoms with Crippen molar-refractivity contribution in [2.45, 2.75) is 17.7 Å². The lowest BCUT2D eigenvalue weighted by atomic mass is 10.0. The number of sulfonamides is 1. The fourth-order valence-electron chi connectivity index (χ4n) is 3.83. The average molecular weight is 487 g/mol. The van der Waals surface area contributed by atoms with E-state index in [1.807, 2.05) is 18.2 Å². The molecule has 0 bridgehead atoms. The zero-order valence-electron chi connectivity index (χ0n) is 18.2. The number of amides is 1. The number of carbonyl (C=O) groups is 1. The lowest BCUT2D eigenvalue weighted by Gasteiger charge is -2.30. The van der Waals surface area contributed by atoms with E-state index in [1.54, 1.807) is 24.3 Å². The van der Waals surface area contributed by atoms with Gasteiger partial charge in [0.05, 0.1) is 35.4 Å². The zero-order valence-corrected chi connectivity index (χ0v) is 19.7. The van der Waals surface area contributed by atoms with Gasteiger partial charge in [-0.1, -0.05) is 29.8 Å². The van der Waals surface area contributed by atoms with Gasteiger partial charge in [0.1, 0.15) is 0 Å². The van der Waals surface area contributed by atoms with Crippen LogP contribution in [0.25, 0.3) is 0 Å². The van der Waals surface area contributed by atoms with Crippen molar-refractivity contribution in [3.05, 3.63) is 76.8 Å². The number of para-hydroxylation sites is 1. The van der Waals surface area contributed by atoms with Crippen LogP contribution in [0.1, 0.15) is 22.3 Å². The number of aryl methyl sites for hydroxylation is 1. The second-order valence-electron chi connectivity index (χ2n) is 7.47. The molecule has 1 amide bonds. The molecule has 1 aliphatic rings. The molecule has 1 N–H and O–H groups in total. The number of halogens is 1. The molecule has 1 heterocycles. The third-order valence-electron chi connectivity index (χ3n) is 5.48. The number of anilines is 2. The minimum atomic E-state index is -3.88. The summed E-state index contributed by atoms with van der Waals surface area (Å²) in [5.74, 6) is 0.424. The van der Waals surface area contributed by atoms with Crippen LogP contribution in [-0.4, -0.2) is 35.1 Å². The molecule has 172 valence electrons. The third-order valence-corrected chi connectivity index (χ3v) is 7.62. The smallest absolute Gasteiger partial charge is 0.264 e. The number of carbonyl (C=O) groups excluding carboxylic acids is 1. The first-order valence-corrected chi connectivity index (χ1v) is 12.1. The van der Waals surface area contributed by atoms with Crippen LogP contribution in [0.3, 0.4) is 0 Å². The van der Waals surface area contributed by atoms with Crippen molar-refractivity contribution in [2.75, 3.05) is 30.4 Å². The number of nitrogens with zero attached hydrogens (tertiary/aromatic N) is 1. The monoisotopic (exact) mass is 486 g/mol. The number of rotatable bonds is 6. The summed E-state index contributed by atoms with van der Waals surface area (Å²) in [5, 5.41) is 2.88. The summed E-state index contributed by atoms with van der Waals surface area (Å²) in [6.45, 7) is 0.370. The highest BCUT2D eigenvalue weighted by Crippen LogP contribution is 2.33. The van der Waals surface area contributed by atoms with Crippen LogP contribution < -0.4 is 19.1 Å². The van der Waals surface area contributed by atoms with Gasteiger partial charge in [-0.25, -0.2) is 8.42 Å². The highest BCUT2D eigenvalue weighted by molar-refractivity contribution is 7.92. The molecule has 0 atom stereocenters. The Hall–Kier alpha value is -3.23. The van der Waals surface area contributed by atoms with Gasteiger partial charge in [0.25, 0.3) is 15.9 Å². The standard InChI is InChI=1S/C24H23ClN2O5S/c1-31-22-12-9-17(14-23(22)32-2)26-24(28)19-15-18(10-11-20(19)25)33(29,30)27-13-5-7-16-6-3-4-8-21(16)27/h3-4,6,8-12,14-15H,5,7,13H2,1-2H3,(H,26,28). The van der Waals surface area contributed by atoms with Crippen molar-refractivity contribution < 1.29 is 22.7 Å². The van der Waals surface area contributed by atoms with E-state index in [0.29, 0.717) is 29.4 Å². The quantitative estimate of drug-likeness (QED) is 0.543. The number of hydrogen-bond acceptors (Lipinski definition) is 5. The maximum absolute atomic E-state index is 13.5. The third kappa shape index (κ3) is 4.49. The van der Waals surface area contributed by atoms with Crippen molar-refractivity contribution in [1.29, 1.82) is 0 Å². The van der Waals surface area contributed by atoms with Crippen LogP contribution in [0.2, 0.25) is 5.02 Å². The molecule has 1 aliphatic heterocycles. The Kier molecular flexibility index (Phi) is 6.49. The lowest BCUT2D eigenvalue weighted by Crippen LogP contribution is -2.35. The van der Waals surface area contributed by atoms with E-state index < -0.39 is 15.9 Å². The number of nitrogens with one attached hydrogen (secondary N) is 1. The summed E-state index contributed by atoms with van der Waals surface area (Å²) >= 11 is 6.27. The van der Waals surface area contributed by atoms with Gasteiger partial charge >= 0.3 is 0 Å². The van der Waals surface area contributed by atoms with Gasteiger partial charge in [0.2, 0.25) is 0 Å². The van der Waals surface area contributed by atoms with E-state index in [9.17, 15) is 13.2 Å². The molecule has 0 saturated carbocycles. The predicted octanol–water partition coefficient (Wildman–Crippen LogP) is 4.75. The van der Waals surface area contributed by atoms with Crippen molar-refractivity contribution in [1.82, 2.24) is 0 Å². The number of methoxy groups -OCH3 is 2. The molecule has 7 nitrogen and oxygen atoms in total. The highest BCUT2D eigenvalue weighted by Gasteiger charge is 2.30. The summed E-state index contributed by atoms with van der Waals surface area (Å²) in [4.78, 5) is 13.0. The Bertz CT molecular complexity index is 1310. The molecule has 0 spiro atoms. The summed E-state index contributed by atoms with van der Waals surface area (Å²) < 4.78 is 38.8. The van der Waals surface area contributed by atoms with E-state index in [4.69, 9.17) is 21.1 Å². The van der Waals surface area contributed by atoms with Crippen LogP contribution in [0.5, 0.6) is 11.5 Å². The van der Waals surface area contributed by atoms with Crippen LogP contribution in [0.15, 0.2) is 65.6 Å². The molecule has 0 aliphatic carbocycles. The first kappa shape index (κ1) is 22.9. The second-order valence-corrected chi connectivity index (χ2v) is 9.74. The molecular formula is C24H23ClN2O5S. The molecule has 0 fully saturated rings. The van der Waals surface area contributed by atoms with Crippen molar-refractivity contribution in [2.24, 2.45) is 0 Å². The number of benzene rings is 3. The minimum Gasteiger partial charge on any atom is -0.493 e. The number of fused-ring (bicyclic) bond motifs is 1. The number of ether oxygens (including phenoxy) is 2. The Morgan fingerprint density at radius 2 is 1.76 bits per heavy atom. The Morgan fingerprint density at radius 3 is 2.52 bits per heavy atom. The molecule has 4 rings (SSSR count). The van der Waals surface area contributed by atoms with Gasteiger partial charge in [-0.15, -0.1) is 0 Å².